The molecule has 2 fully saturated rings. The molecule has 36 heavy (non-hydrogen) atoms. The Balaban J connectivity index is 1.34. The van der Waals surface area contributed by atoms with Gasteiger partial charge in [0.2, 0.25) is 11.7 Å². The Morgan fingerprint density at radius 3 is 2.28 bits per heavy atom. The zero-order valence-electron chi connectivity index (χ0n) is 21.5. The molecule has 1 heterocycles. The molecule has 8 heteroatoms. The van der Waals surface area contributed by atoms with Crippen LogP contribution in [-0.4, -0.2) is 69.1 Å². The van der Waals surface area contributed by atoms with E-state index in [1.165, 1.54) is 6.42 Å². The molecule has 1 aliphatic carbocycles. The van der Waals surface area contributed by atoms with E-state index < -0.39 is 0 Å². The molecule has 1 saturated carbocycles. The van der Waals surface area contributed by atoms with E-state index in [1.807, 2.05) is 35.2 Å². The second kappa shape index (κ2) is 12.1. The summed E-state index contributed by atoms with van der Waals surface area (Å²) in [4.78, 5) is 30.0. The van der Waals surface area contributed by atoms with E-state index in [4.69, 9.17) is 14.2 Å². The van der Waals surface area contributed by atoms with Gasteiger partial charge in [-0.15, -0.1) is 0 Å². The van der Waals surface area contributed by atoms with Crippen molar-refractivity contribution in [1.29, 1.82) is 0 Å². The summed E-state index contributed by atoms with van der Waals surface area (Å²) >= 11 is 0. The van der Waals surface area contributed by atoms with Crippen molar-refractivity contribution in [2.24, 2.45) is 5.92 Å². The summed E-state index contributed by atoms with van der Waals surface area (Å²) in [6.45, 7) is 3.46. The van der Waals surface area contributed by atoms with Gasteiger partial charge in [-0.05, 0) is 37.1 Å². The lowest BCUT2D eigenvalue weighted by molar-refractivity contribution is -0.120. The monoisotopic (exact) mass is 495 g/mol. The maximum atomic E-state index is 13.2. The molecule has 0 atom stereocenters. The molecule has 0 aromatic heterocycles. The molecular weight excluding hydrogens is 458 g/mol. The number of benzene rings is 2. The predicted molar refractivity (Wildman–Crippen MR) is 139 cm³/mol. The largest absolute Gasteiger partial charge is 0.493 e. The average Bonchev–Trinajstić information content (AvgIpc) is 2.93. The number of hydrogen-bond donors (Lipinski definition) is 1. The highest BCUT2D eigenvalue weighted by Crippen LogP contribution is 2.40. The molecule has 1 N–H and O–H groups in total. The number of ether oxygens (including phenoxy) is 3. The van der Waals surface area contributed by atoms with Gasteiger partial charge >= 0.3 is 0 Å². The fourth-order valence-electron chi connectivity index (χ4n) is 5.16. The molecule has 2 aromatic carbocycles. The molecule has 2 aliphatic rings. The molecule has 1 saturated heterocycles. The molecule has 2 aromatic rings. The van der Waals surface area contributed by atoms with Gasteiger partial charge < -0.3 is 24.4 Å². The number of carbonyl (C=O) groups excluding carboxylic acids is 2. The van der Waals surface area contributed by atoms with Gasteiger partial charge in [0.1, 0.15) is 0 Å². The Kier molecular flexibility index (Phi) is 8.70. The summed E-state index contributed by atoms with van der Waals surface area (Å²) in [6, 6.07) is 11.2. The summed E-state index contributed by atoms with van der Waals surface area (Å²) in [7, 11) is 4.83. The van der Waals surface area contributed by atoms with Crippen LogP contribution in [0.5, 0.6) is 17.2 Å². The van der Waals surface area contributed by atoms with Gasteiger partial charge in [-0.3, -0.25) is 14.5 Å². The molecule has 8 nitrogen and oxygen atoms in total. The SMILES string of the molecule is COc1ccc(CN2CCN(C(=O)c3cccc(NC(=O)C4CCCCC4)c3)CC2)c(OC)c1OC. The van der Waals surface area contributed by atoms with Crippen molar-refractivity contribution in [3.63, 3.8) is 0 Å². The predicted octanol–water partition coefficient (Wildman–Crippen LogP) is 4.19. The first-order valence-corrected chi connectivity index (χ1v) is 12.7. The van der Waals surface area contributed by atoms with E-state index in [9.17, 15) is 9.59 Å². The number of nitrogens with zero attached hydrogens (tertiary/aromatic N) is 2. The van der Waals surface area contributed by atoms with Crippen LogP contribution in [0.2, 0.25) is 0 Å². The van der Waals surface area contributed by atoms with E-state index in [0.717, 1.165) is 44.3 Å². The minimum atomic E-state index is -0.00730. The lowest BCUT2D eigenvalue weighted by Crippen LogP contribution is -2.48. The first kappa shape index (κ1) is 25.8. The highest BCUT2D eigenvalue weighted by Gasteiger charge is 2.25. The number of anilines is 1. The van der Waals surface area contributed by atoms with Gasteiger partial charge in [0.15, 0.2) is 11.5 Å². The Bertz CT molecular complexity index is 1060. The van der Waals surface area contributed by atoms with Crippen molar-refractivity contribution < 1.29 is 23.8 Å². The second-order valence-electron chi connectivity index (χ2n) is 9.47. The Hall–Kier alpha value is -3.26. The fraction of sp³-hybridized carbons (Fsp3) is 0.500. The van der Waals surface area contributed by atoms with Gasteiger partial charge in [-0.25, -0.2) is 0 Å². The molecule has 4 rings (SSSR count). The van der Waals surface area contributed by atoms with E-state index in [1.54, 1.807) is 27.4 Å². The zero-order chi connectivity index (χ0) is 25.5. The van der Waals surface area contributed by atoms with E-state index in [0.29, 0.717) is 48.1 Å². The normalized spacial score (nSPS) is 16.9. The molecule has 1 aliphatic heterocycles. The summed E-state index contributed by atoms with van der Waals surface area (Å²) < 4.78 is 16.5. The van der Waals surface area contributed by atoms with Gasteiger partial charge in [0, 0.05) is 55.5 Å². The molecule has 0 spiro atoms. The van der Waals surface area contributed by atoms with Crippen molar-refractivity contribution in [2.75, 3.05) is 52.8 Å². The topological polar surface area (TPSA) is 80.3 Å². The number of hydrogen-bond acceptors (Lipinski definition) is 6. The molecular formula is C28H37N3O5. The minimum absolute atomic E-state index is 0.00730. The fourth-order valence-corrected chi connectivity index (χ4v) is 5.16. The molecule has 194 valence electrons. The van der Waals surface area contributed by atoms with E-state index in [2.05, 4.69) is 10.2 Å². The Morgan fingerprint density at radius 2 is 1.61 bits per heavy atom. The van der Waals surface area contributed by atoms with Crippen molar-refractivity contribution >= 4 is 17.5 Å². The van der Waals surface area contributed by atoms with Gasteiger partial charge in [0.05, 0.1) is 21.3 Å². The van der Waals surface area contributed by atoms with E-state index in [-0.39, 0.29) is 17.7 Å². The van der Waals surface area contributed by atoms with Crippen LogP contribution in [-0.2, 0) is 11.3 Å². The van der Waals surface area contributed by atoms with Crippen LogP contribution in [0.4, 0.5) is 5.69 Å². The Labute approximate surface area is 213 Å². The molecule has 0 radical (unpaired) electrons. The number of methoxy groups -OCH3 is 3. The minimum Gasteiger partial charge on any atom is -0.493 e. The Morgan fingerprint density at radius 1 is 0.889 bits per heavy atom. The standard InChI is InChI=1S/C28H37N3O5/c1-34-24-13-12-22(25(35-2)26(24)36-3)19-30-14-16-31(17-15-30)28(33)21-10-7-11-23(18-21)29-27(32)20-8-5-4-6-9-20/h7,10-13,18,20H,4-6,8-9,14-17,19H2,1-3H3,(H,29,32). The van der Waals surface area contributed by atoms with Crippen molar-refractivity contribution in [1.82, 2.24) is 9.80 Å². The average molecular weight is 496 g/mol. The third kappa shape index (κ3) is 5.93. The van der Waals surface area contributed by atoms with E-state index >= 15 is 0 Å². The zero-order valence-corrected chi connectivity index (χ0v) is 21.5. The van der Waals surface area contributed by atoms with Crippen LogP contribution in [0.15, 0.2) is 36.4 Å². The van der Waals surface area contributed by atoms with Crippen LogP contribution in [0.3, 0.4) is 0 Å². The first-order valence-electron chi connectivity index (χ1n) is 12.7. The number of nitrogens with one attached hydrogen (secondary N) is 1. The summed E-state index contributed by atoms with van der Waals surface area (Å²) in [6.07, 6.45) is 5.33. The number of carbonyl (C=O) groups is 2. The maximum Gasteiger partial charge on any atom is 0.254 e. The van der Waals surface area contributed by atoms with Gasteiger partial charge in [0.25, 0.3) is 5.91 Å². The third-order valence-corrected chi connectivity index (χ3v) is 7.19. The second-order valence-corrected chi connectivity index (χ2v) is 9.47. The van der Waals surface area contributed by atoms with Crippen molar-refractivity contribution in [3.05, 3.63) is 47.5 Å². The lowest BCUT2D eigenvalue weighted by atomic mass is 9.88. The van der Waals surface area contributed by atoms with Gasteiger partial charge in [-0.2, -0.15) is 0 Å². The van der Waals surface area contributed by atoms with Crippen molar-refractivity contribution in [2.45, 2.75) is 38.6 Å². The highest BCUT2D eigenvalue weighted by molar-refractivity contribution is 5.97. The van der Waals surface area contributed by atoms with Crippen LogP contribution in [0.1, 0.15) is 48.0 Å². The number of piperazine rings is 1. The number of rotatable bonds is 8. The van der Waals surface area contributed by atoms with Gasteiger partial charge in [-0.1, -0.05) is 31.4 Å². The third-order valence-electron chi connectivity index (χ3n) is 7.19. The molecule has 2 amide bonds. The van der Waals surface area contributed by atoms with Crippen LogP contribution in [0.25, 0.3) is 0 Å². The van der Waals surface area contributed by atoms with Crippen LogP contribution in [0, 0.1) is 5.92 Å². The smallest absolute Gasteiger partial charge is 0.254 e. The summed E-state index contributed by atoms with van der Waals surface area (Å²) in [5.74, 6) is 2.02. The number of amides is 2. The highest BCUT2D eigenvalue weighted by atomic mass is 16.5. The first-order chi connectivity index (χ1) is 17.5. The summed E-state index contributed by atoms with van der Waals surface area (Å²) in [5, 5.41) is 3.02. The quantitative estimate of drug-likeness (QED) is 0.592. The lowest BCUT2D eigenvalue weighted by Gasteiger charge is -2.35. The maximum absolute atomic E-state index is 13.2. The van der Waals surface area contributed by atoms with Crippen LogP contribution >= 0.6 is 0 Å². The van der Waals surface area contributed by atoms with Crippen molar-refractivity contribution in [3.8, 4) is 17.2 Å². The van der Waals surface area contributed by atoms with Crippen LogP contribution < -0.4 is 19.5 Å². The molecule has 0 unspecified atom stereocenters. The molecule has 0 bridgehead atoms. The summed E-state index contributed by atoms with van der Waals surface area (Å²) in [5.41, 5.74) is 2.30.